The summed E-state index contributed by atoms with van der Waals surface area (Å²) in [5, 5.41) is 161. The highest BCUT2D eigenvalue weighted by molar-refractivity contribution is 6.29. The van der Waals surface area contributed by atoms with Gasteiger partial charge in [0.2, 0.25) is 40.2 Å². The Balaban J connectivity index is 2.33. The van der Waals surface area contributed by atoms with E-state index in [-0.39, 0.29) is 0 Å². The van der Waals surface area contributed by atoms with Gasteiger partial charge in [0.1, 0.15) is 5.75 Å². The fourth-order valence-corrected chi connectivity index (χ4v) is 4.73. The Morgan fingerprint density at radius 1 is 0.150 bits per heavy atom. The van der Waals surface area contributed by atoms with Crippen LogP contribution in [0.15, 0.2) is 0 Å². The van der Waals surface area contributed by atoms with Crippen LogP contribution in [0.2, 0.25) is 0 Å². The molecule has 0 bridgehead atoms. The van der Waals surface area contributed by atoms with E-state index in [0.29, 0.717) is 0 Å². The largest absolute Gasteiger partial charge is 0.506 e. The lowest BCUT2D eigenvalue weighted by Gasteiger charge is -2.22. The summed E-state index contributed by atoms with van der Waals surface area (Å²) in [4.78, 5) is 0. The van der Waals surface area contributed by atoms with Gasteiger partial charge in [0.15, 0.2) is 46.0 Å². The normalized spacial score (nSPS) is 11.6. The lowest BCUT2D eigenvalue weighted by Crippen LogP contribution is -1.94. The van der Waals surface area contributed by atoms with Crippen LogP contribution in [0.5, 0.6) is 92.0 Å². The maximum atomic E-state index is 10.9. The van der Waals surface area contributed by atoms with Crippen LogP contribution in [0.3, 0.4) is 0 Å². The van der Waals surface area contributed by atoms with E-state index in [1.807, 2.05) is 0 Å². The molecule has 0 amide bonds. The molecular formula is C24H16O16. The fourth-order valence-electron chi connectivity index (χ4n) is 4.73. The number of fused-ring (bicyclic) bond motifs is 3. The van der Waals surface area contributed by atoms with Crippen molar-refractivity contribution in [3.05, 3.63) is 0 Å². The van der Waals surface area contributed by atoms with E-state index in [0.717, 1.165) is 0 Å². The molecule has 16 heteroatoms. The van der Waals surface area contributed by atoms with E-state index in [9.17, 15) is 81.7 Å². The molecule has 0 heterocycles. The summed E-state index contributed by atoms with van der Waals surface area (Å²) in [5.74, 6) is -23.0. The second-order valence-corrected chi connectivity index (χ2v) is 8.58. The quantitative estimate of drug-likeness (QED) is 0.0792. The van der Waals surface area contributed by atoms with Gasteiger partial charge in [0, 0.05) is 27.3 Å². The molecule has 0 spiro atoms. The van der Waals surface area contributed by atoms with Crippen LogP contribution in [0.25, 0.3) is 43.4 Å². The van der Waals surface area contributed by atoms with E-state index in [2.05, 4.69) is 0 Å². The molecule has 0 aliphatic heterocycles. The van der Waals surface area contributed by atoms with Gasteiger partial charge in [-0.25, -0.2) is 0 Å². The number of hydrogen-bond acceptors (Lipinski definition) is 16. The lowest BCUT2D eigenvalue weighted by molar-refractivity contribution is 0.347. The highest BCUT2D eigenvalue weighted by atomic mass is 16.4. The van der Waals surface area contributed by atoms with Crippen molar-refractivity contribution in [3.63, 3.8) is 0 Å². The molecule has 0 saturated carbocycles. The molecule has 16 N–H and O–H groups in total. The third-order valence-electron chi connectivity index (χ3n) is 6.59. The zero-order valence-corrected chi connectivity index (χ0v) is 19.2. The minimum Gasteiger partial charge on any atom is -0.506 e. The fraction of sp³-hybridized carbons (Fsp3) is 0. The predicted molar refractivity (Wildman–Crippen MR) is 131 cm³/mol. The molecule has 5 aromatic rings. The van der Waals surface area contributed by atoms with Crippen LogP contribution in [-0.4, -0.2) is 81.7 Å². The summed E-state index contributed by atoms with van der Waals surface area (Å²) in [5.41, 5.74) is -2.17. The first-order valence-electron chi connectivity index (χ1n) is 10.6. The van der Waals surface area contributed by atoms with E-state index in [1.165, 1.54) is 0 Å². The monoisotopic (exact) mass is 560 g/mol. The Kier molecular flexibility index (Phi) is 4.82. The Labute approximate surface area is 217 Å². The third-order valence-corrected chi connectivity index (χ3v) is 6.59. The molecule has 0 aliphatic carbocycles. The van der Waals surface area contributed by atoms with Gasteiger partial charge in [-0.3, -0.25) is 0 Å². The van der Waals surface area contributed by atoms with Gasteiger partial charge in [-0.05, 0) is 0 Å². The van der Waals surface area contributed by atoms with Gasteiger partial charge in [0.25, 0.3) is 0 Å². The molecule has 0 unspecified atom stereocenters. The maximum Gasteiger partial charge on any atom is 0.205 e. The SMILES string of the molecule is Oc1c(O)c(O)c2c(-c3c4c(O)c(O)c(O)c(O)c4c(O)c4c(O)c(O)c(O)c(O)c34)c(O)c(O)c(O)c2c1O. The number of aromatic hydroxyl groups is 16. The van der Waals surface area contributed by atoms with Gasteiger partial charge in [-0.15, -0.1) is 0 Å². The van der Waals surface area contributed by atoms with Crippen LogP contribution in [0, 0.1) is 0 Å². The molecule has 40 heavy (non-hydrogen) atoms. The molecule has 0 fully saturated rings. The molecule has 0 radical (unpaired) electrons. The Morgan fingerprint density at radius 2 is 0.350 bits per heavy atom. The van der Waals surface area contributed by atoms with Crippen molar-refractivity contribution in [1.82, 2.24) is 0 Å². The van der Waals surface area contributed by atoms with Crippen molar-refractivity contribution in [2.75, 3.05) is 0 Å². The van der Waals surface area contributed by atoms with Crippen LogP contribution >= 0.6 is 0 Å². The summed E-state index contributed by atoms with van der Waals surface area (Å²) < 4.78 is 0. The molecular weight excluding hydrogens is 544 g/mol. The number of hydrogen-bond donors (Lipinski definition) is 16. The van der Waals surface area contributed by atoms with Gasteiger partial charge >= 0.3 is 0 Å². The first kappa shape index (κ1) is 25.3. The predicted octanol–water partition coefficient (Wildman–Crippen LogP) is 2.10. The molecule has 0 atom stereocenters. The number of phenols is 16. The van der Waals surface area contributed by atoms with Crippen molar-refractivity contribution < 1.29 is 81.7 Å². The smallest absolute Gasteiger partial charge is 0.205 e. The topological polar surface area (TPSA) is 324 Å². The Morgan fingerprint density at radius 3 is 0.650 bits per heavy atom. The standard InChI is InChI=1S/C24H16O16/c25-9-6-3(11(27)19(35)22(38)14(6)30)1(4-7(9)15(31)23(39)20(36)12(4)28)2-5-8(16(32)18(34)10(2)26)17(33)24(40)21(37)13(5)29/h25-40H. The van der Waals surface area contributed by atoms with Crippen molar-refractivity contribution in [2.45, 2.75) is 0 Å². The molecule has 5 rings (SSSR count). The maximum absolute atomic E-state index is 10.9. The molecule has 5 aromatic carbocycles. The van der Waals surface area contributed by atoms with Crippen LogP contribution < -0.4 is 0 Å². The van der Waals surface area contributed by atoms with Gasteiger partial charge < -0.3 is 81.7 Å². The van der Waals surface area contributed by atoms with Gasteiger partial charge in [0.05, 0.1) is 16.2 Å². The zero-order chi connectivity index (χ0) is 29.9. The van der Waals surface area contributed by atoms with E-state index in [4.69, 9.17) is 0 Å². The molecule has 16 nitrogen and oxygen atoms in total. The highest BCUT2D eigenvalue weighted by Crippen LogP contribution is 2.66. The molecule has 0 aromatic heterocycles. The second-order valence-electron chi connectivity index (χ2n) is 8.58. The second kappa shape index (κ2) is 7.60. The summed E-state index contributed by atoms with van der Waals surface area (Å²) >= 11 is 0. The van der Waals surface area contributed by atoms with E-state index < -0.39 is 135 Å². The minimum absolute atomic E-state index is 1.05. The third kappa shape index (κ3) is 2.67. The summed E-state index contributed by atoms with van der Waals surface area (Å²) in [7, 11) is 0. The van der Waals surface area contributed by atoms with Crippen molar-refractivity contribution in [1.29, 1.82) is 0 Å². The Bertz CT molecular complexity index is 1920. The zero-order valence-electron chi connectivity index (χ0n) is 19.2. The average Bonchev–Trinajstić information content (AvgIpc) is 2.92. The van der Waals surface area contributed by atoms with E-state index in [1.54, 1.807) is 0 Å². The van der Waals surface area contributed by atoms with Crippen molar-refractivity contribution in [3.8, 4) is 103 Å². The first-order chi connectivity index (χ1) is 18.6. The van der Waals surface area contributed by atoms with Gasteiger partial charge in [-0.1, -0.05) is 0 Å². The van der Waals surface area contributed by atoms with Crippen LogP contribution in [-0.2, 0) is 0 Å². The average molecular weight is 560 g/mol. The van der Waals surface area contributed by atoms with E-state index >= 15 is 0 Å². The van der Waals surface area contributed by atoms with Crippen molar-refractivity contribution in [2.24, 2.45) is 0 Å². The lowest BCUT2D eigenvalue weighted by atomic mass is 9.85. The summed E-state index contributed by atoms with van der Waals surface area (Å²) in [6, 6.07) is 0. The molecule has 0 aliphatic rings. The highest BCUT2D eigenvalue weighted by Gasteiger charge is 2.36. The Hall–Kier alpha value is -6.32. The van der Waals surface area contributed by atoms with Crippen LogP contribution in [0.4, 0.5) is 0 Å². The molecule has 0 saturated heterocycles. The first-order valence-corrected chi connectivity index (χ1v) is 10.6. The van der Waals surface area contributed by atoms with Crippen LogP contribution in [0.1, 0.15) is 0 Å². The number of rotatable bonds is 1. The number of phenolic OH excluding ortho intramolecular Hbond substituents is 16. The minimum atomic E-state index is -1.50. The number of benzene rings is 5. The summed E-state index contributed by atoms with van der Waals surface area (Å²) in [6.07, 6.45) is 0. The molecule has 208 valence electrons. The summed E-state index contributed by atoms with van der Waals surface area (Å²) in [6.45, 7) is 0. The van der Waals surface area contributed by atoms with Crippen molar-refractivity contribution >= 4 is 32.3 Å². The van der Waals surface area contributed by atoms with Gasteiger partial charge in [-0.2, -0.15) is 0 Å².